The Morgan fingerprint density at radius 3 is 2.32 bits per heavy atom. The molecular formula is C22H19FN2O5S. The van der Waals surface area contributed by atoms with Crippen LogP contribution in [0.1, 0.15) is 10.4 Å². The van der Waals surface area contributed by atoms with Crippen molar-refractivity contribution in [2.75, 3.05) is 23.3 Å². The van der Waals surface area contributed by atoms with E-state index in [-0.39, 0.29) is 21.8 Å². The number of nitrogens with one attached hydrogen (secondary N) is 1. The molecule has 7 nitrogen and oxygen atoms in total. The summed E-state index contributed by atoms with van der Waals surface area (Å²) in [4.78, 5) is 24.3. The summed E-state index contributed by atoms with van der Waals surface area (Å²) in [5.74, 6) is -2.09. The van der Waals surface area contributed by atoms with Gasteiger partial charge in [-0.05, 0) is 42.5 Å². The number of carbonyl (C=O) groups excluding carboxylic acids is 2. The number of rotatable bonds is 7. The maximum Gasteiger partial charge on any atom is 0.337 e. The summed E-state index contributed by atoms with van der Waals surface area (Å²) >= 11 is 0. The summed E-state index contributed by atoms with van der Waals surface area (Å²) in [6, 6.07) is 18.7. The Hall–Kier alpha value is -3.72. The lowest BCUT2D eigenvalue weighted by Crippen LogP contribution is -2.38. The van der Waals surface area contributed by atoms with Crippen molar-refractivity contribution < 1.29 is 27.1 Å². The van der Waals surface area contributed by atoms with Gasteiger partial charge in [0, 0.05) is 5.69 Å². The van der Waals surface area contributed by atoms with Crippen LogP contribution in [-0.4, -0.2) is 33.9 Å². The van der Waals surface area contributed by atoms with Crippen LogP contribution in [0.4, 0.5) is 15.8 Å². The van der Waals surface area contributed by atoms with E-state index >= 15 is 0 Å². The molecule has 0 heterocycles. The largest absolute Gasteiger partial charge is 0.465 e. The first-order chi connectivity index (χ1) is 14.8. The number of nitrogens with zero attached hydrogens (tertiary/aromatic N) is 1. The molecule has 3 aromatic rings. The van der Waals surface area contributed by atoms with Crippen LogP contribution >= 0.6 is 0 Å². The van der Waals surface area contributed by atoms with E-state index in [2.05, 4.69) is 10.1 Å². The zero-order valence-electron chi connectivity index (χ0n) is 16.5. The molecule has 0 saturated carbocycles. The van der Waals surface area contributed by atoms with Gasteiger partial charge >= 0.3 is 5.97 Å². The third-order valence-electron chi connectivity index (χ3n) is 4.31. The van der Waals surface area contributed by atoms with E-state index < -0.39 is 34.3 Å². The highest BCUT2D eigenvalue weighted by atomic mass is 32.2. The van der Waals surface area contributed by atoms with Crippen LogP contribution in [0, 0.1) is 5.82 Å². The van der Waals surface area contributed by atoms with Crippen molar-refractivity contribution in [2.24, 2.45) is 0 Å². The molecule has 3 rings (SSSR count). The summed E-state index contributed by atoms with van der Waals surface area (Å²) in [6.45, 7) is -0.680. The molecule has 31 heavy (non-hydrogen) atoms. The van der Waals surface area contributed by atoms with Gasteiger partial charge < -0.3 is 10.1 Å². The van der Waals surface area contributed by atoms with Crippen LogP contribution in [0.3, 0.4) is 0 Å². The zero-order valence-corrected chi connectivity index (χ0v) is 17.3. The quantitative estimate of drug-likeness (QED) is 0.566. The van der Waals surface area contributed by atoms with Gasteiger partial charge in [-0.25, -0.2) is 17.6 Å². The fourth-order valence-corrected chi connectivity index (χ4v) is 4.30. The minimum atomic E-state index is -4.23. The smallest absolute Gasteiger partial charge is 0.337 e. The first-order valence-electron chi connectivity index (χ1n) is 9.13. The van der Waals surface area contributed by atoms with Gasteiger partial charge in [-0.1, -0.05) is 36.4 Å². The third-order valence-corrected chi connectivity index (χ3v) is 6.08. The first kappa shape index (κ1) is 22.0. The molecule has 0 aromatic heterocycles. The van der Waals surface area contributed by atoms with Gasteiger partial charge in [-0.3, -0.25) is 9.10 Å². The summed E-state index contributed by atoms with van der Waals surface area (Å²) in [5, 5.41) is 2.53. The lowest BCUT2D eigenvalue weighted by Gasteiger charge is -2.24. The fraction of sp³-hybridized carbons (Fsp3) is 0.0909. The number of carbonyl (C=O) groups is 2. The summed E-state index contributed by atoms with van der Waals surface area (Å²) in [7, 11) is -3.00. The lowest BCUT2D eigenvalue weighted by molar-refractivity contribution is -0.114. The second kappa shape index (κ2) is 9.40. The molecular weight excluding hydrogens is 423 g/mol. The minimum absolute atomic E-state index is 0.0845. The van der Waals surface area contributed by atoms with Crippen LogP contribution in [-0.2, 0) is 19.6 Å². The third kappa shape index (κ3) is 5.07. The maximum atomic E-state index is 14.5. The number of sulfonamides is 1. The lowest BCUT2D eigenvalue weighted by atomic mass is 10.2. The van der Waals surface area contributed by atoms with E-state index in [1.807, 2.05) is 0 Å². The van der Waals surface area contributed by atoms with Gasteiger partial charge in [0.05, 0.1) is 23.3 Å². The van der Waals surface area contributed by atoms with E-state index in [4.69, 9.17) is 0 Å². The molecule has 0 radical (unpaired) electrons. The van der Waals surface area contributed by atoms with E-state index in [1.165, 1.54) is 73.8 Å². The normalized spacial score (nSPS) is 10.9. The topological polar surface area (TPSA) is 92.8 Å². The van der Waals surface area contributed by atoms with Crippen molar-refractivity contribution in [2.45, 2.75) is 4.90 Å². The molecule has 160 valence electrons. The number of amides is 1. The summed E-state index contributed by atoms with van der Waals surface area (Å²) < 4.78 is 46.2. The number of para-hydroxylation sites is 1. The number of halogens is 1. The standard InChI is InChI=1S/C22H19FN2O5S/c1-30-22(27)16-8-7-9-17(14-16)24-21(26)15-25(20-13-6-5-12-19(20)23)31(28,29)18-10-3-2-4-11-18/h2-14H,15H2,1H3,(H,24,26). The average Bonchev–Trinajstić information content (AvgIpc) is 2.78. The van der Waals surface area contributed by atoms with Crippen LogP contribution < -0.4 is 9.62 Å². The maximum absolute atomic E-state index is 14.5. The Labute approximate surface area is 179 Å². The average molecular weight is 442 g/mol. The monoisotopic (exact) mass is 442 g/mol. The molecule has 1 N–H and O–H groups in total. The van der Waals surface area contributed by atoms with E-state index in [0.29, 0.717) is 4.31 Å². The molecule has 0 unspecified atom stereocenters. The first-order valence-corrected chi connectivity index (χ1v) is 10.6. The van der Waals surface area contributed by atoms with Crippen LogP contribution in [0.5, 0.6) is 0 Å². The number of methoxy groups -OCH3 is 1. The van der Waals surface area contributed by atoms with E-state index in [0.717, 1.165) is 6.07 Å². The number of ether oxygens (including phenoxy) is 1. The number of anilines is 2. The molecule has 0 atom stereocenters. The predicted molar refractivity (Wildman–Crippen MR) is 114 cm³/mol. The molecule has 9 heteroatoms. The molecule has 3 aromatic carbocycles. The van der Waals surface area contributed by atoms with Gasteiger partial charge in [-0.2, -0.15) is 0 Å². The minimum Gasteiger partial charge on any atom is -0.465 e. The molecule has 0 spiro atoms. The molecule has 0 aliphatic carbocycles. The molecule has 1 amide bonds. The number of hydrogen-bond acceptors (Lipinski definition) is 5. The second-order valence-electron chi connectivity index (χ2n) is 6.40. The SMILES string of the molecule is COC(=O)c1cccc(NC(=O)CN(c2ccccc2F)S(=O)(=O)c2ccccc2)c1. The molecule has 0 bridgehead atoms. The Morgan fingerprint density at radius 2 is 1.65 bits per heavy atom. The van der Waals surface area contributed by atoms with E-state index in [9.17, 15) is 22.4 Å². The van der Waals surface area contributed by atoms with Crippen molar-refractivity contribution in [3.05, 3.63) is 90.2 Å². The summed E-state index contributed by atoms with van der Waals surface area (Å²) in [5.41, 5.74) is 0.214. The van der Waals surface area contributed by atoms with Gasteiger partial charge in [0.1, 0.15) is 12.4 Å². The zero-order chi connectivity index (χ0) is 22.4. The van der Waals surface area contributed by atoms with Crippen molar-refractivity contribution in [1.82, 2.24) is 0 Å². The number of hydrogen-bond donors (Lipinski definition) is 1. The van der Waals surface area contributed by atoms with Crippen molar-refractivity contribution >= 4 is 33.3 Å². The van der Waals surface area contributed by atoms with Gasteiger partial charge in [-0.15, -0.1) is 0 Å². The Bertz CT molecular complexity index is 1200. The second-order valence-corrected chi connectivity index (χ2v) is 8.26. The van der Waals surface area contributed by atoms with Gasteiger partial charge in [0.2, 0.25) is 5.91 Å². The van der Waals surface area contributed by atoms with Crippen molar-refractivity contribution in [1.29, 1.82) is 0 Å². The Morgan fingerprint density at radius 1 is 0.968 bits per heavy atom. The highest BCUT2D eigenvalue weighted by Gasteiger charge is 2.29. The van der Waals surface area contributed by atoms with Crippen molar-refractivity contribution in [3.8, 4) is 0 Å². The van der Waals surface area contributed by atoms with Crippen LogP contribution in [0.25, 0.3) is 0 Å². The van der Waals surface area contributed by atoms with Crippen LogP contribution in [0.15, 0.2) is 83.8 Å². The molecule has 0 saturated heterocycles. The van der Waals surface area contributed by atoms with Crippen LogP contribution in [0.2, 0.25) is 0 Å². The molecule has 0 aliphatic rings. The highest BCUT2D eigenvalue weighted by molar-refractivity contribution is 7.92. The van der Waals surface area contributed by atoms with E-state index in [1.54, 1.807) is 6.07 Å². The van der Waals surface area contributed by atoms with Gasteiger partial charge in [0.25, 0.3) is 10.0 Å². The van der Waals surface area contributed by atoms with Crippen molar-refractivity contribution in [3.63, 3.8) is 0 Å². The summed E-state index contributed by atoms with van der Waals surface area (Å²) in [6.07, 6.45) is 0. The predicted octanol–water partition coefficient (Wildman–Crippen LogP) is 3.45. The Balaban J connectivity index is 1.92. The highest BCUT2D eigenvalue weighted by Crippen LogP contribution is 2.26. The molecule has 0 aliphatic heterocycles. The van der Waals surface area contributed by atoms with Gasteiger partial charge in [0.15, 0.2) is 0 Å². The number of benzene rings is 3. The Kier molecular flexibility index (Phi) is 6.66. The fourth-order valence-electron chi connectivity index (χ4n) is 2.85. The number of esters is 1. The molecule has 0 fully saturated rings.